The molecule has 0 aliphatic carbocycles. The molecule has 0 aliphatic heterocycles. The quantitative estimate of drug-likeness (QED) is 0.705. The summed E-state index contributed by atoms with van der Waals surface area (Å²) in [6, 6.07) is 14.1. The Morgan fingerprint density at radius 3 is 2.12 bits per heavy atom. The second-order valence-corrected chi connectivity index (χ2v) is 5.09. The van der Waals surface area contributed by atoms with Crippen molar-refractivity contribution >= 4 is 5.97 Å². The van der Waals surface area contributed by atoms with Gasteiger partial charge in [-0.2, -0.15) is 13.2 Å². The van der Waals surface area contributed by atoms with Crippen molar-refractivity contribution in [2.24, 2.45) is 0 Å². The van der Waals surface area contributed by atoms with Crippen LogP contribution in [0.2, 0.25) is 0 Å². The first-order chi connectivity index (χ1) is 11.4. The lowest BCUT2D eigenvalue weighted by Gasteiger charge is -2.06. The minimum absolute atomic E-state index is 0.0887. The number of alkyl halides is 3. The van der Waals surface area contributed by atoms with Crippen molar-refractivity contribution in [3.05, 3.63) is 71.8 Å². The van der Waals surface area contributed by atoms with E-state index in [9.17, 15) is 23.1 Å². The summed E-state index contributed by atoms with van der Waals surface area (Å²) in [4.78, 5) is 11.3. The molecule has 2 aromatic carbocycles. The van der Waals surface area contributed by atoms with Crippen molar-refractivity contribution in [3.8, 4) is 22.6 Å². The third kappa shape index (κ3) is 3.03. The molecule has 0 saturated heterocycles. The van der Waals surface area contributed by atoms with Gasteiger partial charge >= 0.3 is 12.1 Å². The number of benzene rings is 2. The van der Waals surface area contributed by atoms with Gasteiger partial charge in [-0.15, -0.1) is 0 Å². The highest BCUT2D eigenvalue weighted by molar-refractivity contribution is 5.95. The zero-order valence-electron chi connectivity index (χ0n) is 12.2. The molecule has 0 unspecified atom stereocenters. The van der Waals surface area contributed by atoms with Crippen LogP contribution in [0.1, 0.15) is 15.9 Å². The first kappa shape index (κ1) is 15.9. The fraction of sp³-hybridized carbons (Fsp3) is 0.0556. The molecule has 0 aliphatic rings. The molecule has 3 aromatic rings. The molecule has 122 valence electrons. The largest absolute Gasteiger partial charge is 0.478 e. The molecule has 0 spiro atoms. The number of furan rings is 1. The van der Waals surface area contributed by atoms with Crippen LogP contribution in [-0.4, -0.2) is 11.1 Å². The fourth-order valence-electron chi connectivity index (χ4n) is 2.35. The van der Waals surface area contributed by atoms with E-state index in [1.807, 2.05) is 0 Å². The van der Waals surface area contributed by atoms with Gasteiger partial charge in [-0.05, 0) is 30.3 Å². The number of halogens is 3. The number of carboxylic acids is 1. The Morgan fingerprint density at radius 2 is 1.50 bits per heavy atom. The summed E-state index contributed by atoms with van der Waals surface area (Å²) in [5, 5.41) is 9.21. The zero-order valence-corrected chi connectivity index (χ0v) is 12.2. The smallest absolute Gasteiger partial charge is 0.416 e. The summed E-state index contributed by atoms with van der Waals surface area (Å²) in [6.45, 7) is 0. The van der Waals surface area contributed by atoms with Gasteiger partial charge in [-0.3, -0.25) is 0 Å². The lowest BCUT2D eigenvalue weighted by atomic mass is 10.1. The van der Waals surface area contributed by atoms with Crippen molar-refractivity contribution in [2.45, 2.75) is 6.18 Å². The predicted molar refractivity (Wildman–Crippen MR) is 81.5 cm³/mol. The third-order valence-electron chi connectivity index (χ3n) is 3.53. The summed E-state index contributed by atoms with van der Waals surface area (Å²) in [5.74, 6) is -0.389. The molecule has 0 amide bonds. The highest BCUT2D eigenvalue weighted by Gasteiger charge is 2.30. The lowest BCUT2D eigenvalue weighted by molar-refractivity contribution is -0.137. The molecule has 0 atom stereocenters. The molecule has 6 heteroatoms. The Labute approximate surface area is 135 Å². The van der Waals surface area contributed by atoms with Crippen molar-refractivity contribution in [3.63, 3.8) is 0 Å². The van der Waals surface area contributed by atoms with E-state index in [1.165, 1.54) is 18.2 Å². The first-order valence-corrected chi connectivity index (χ1v) is 6.96. The molecule has 1 aromatic heterocycles. The van der Waals surface area contributed by atoms with Crippen molar-refractivity contribution in [2.75, 3.05) is 0 Å². The Balaban J connectivity index is 1.96. The summed E-state index contributed by atoms with van der Waals surface area (Å²) in [6.07, 6.45) is -4.40. The van der Waals surface area contributed by atoms with Crippen molar-refractivity contribution in [1.29, 1.82) is 0 Å². The number of aromatic carboxylic acids is 1. The summed E-state index contributed by atoms with van der Waals surface area (Å²) in [7, 11) is 0. The van der Waals surface area contributed by atoms with E-state index in [0.717, 1.165) is 12.1 Å². The Bertz CT molecular complexity index is 877. The highest BCUT2D eigenvalue weighted by atomic mass is 19.4. The van der Waals surface area contributed by atoms with Crippen LogP contribution in [0.4, 0.5) is 13.2 Å². The Kier molecular flexibility index (Phi) is 3.89. The minimum atomic E-state index is -4.40. The van der Waals surface area contributed by atoms with Gasteiger partial charge in [0, 0.05) is 11.1 Å². The monoisotopic (exact) mass is 332 g/mol. The van der Waals surface area contributed by atoms with Gasteiger partial charge in [0.15, 0.2) is 0 Å². The van der Waals surface area contributed by atoms with Crippen LogP contribution in [0.5, 0.6) is 0 Å². The Morgan fingerprint density at radius 1 is 0.875 bits per heavy atom. The summed E-state index contributed by atoms with van der Waals surface area (Å²) < 4.78 is 43.4. The van der Waals surface area contributed by atoms with Crippen LogP contribution in [0.15, 0.2) is 65.1 Å². The number of hydrogen-bond donors (Lipinski definition) is 1. The second kappa shape index (κ2) is 5.88. The predicted octanol–water partition coefficient (Wildman–Crippen LogP) is 5.33. The van der Waals surface area contributed by atoms with Gasteiger partial charge in [0.2, 0.25) is 0 Å². The van der Waals surface area contributed by atoms with Gasteiger partial charge in [0.1, 0.15) is 11.5 Å². The standard InChI is InChI=1S/C18H11F3O3/c19-18(20,21)12-7-5-11(6-8-12)15-9-10-16(24-15)13-3-1-2-4-14(13)17(22)23/h1-10H,(H,22,23). The number of carboxylic acid groups (broad SMARTS) is 1. The van der Waals surface area contributed by atoms with Crippen LogP contribution in [0, 0.1) is 0 Å². The molecule has 3 nitrogen and oxygen atoms in total. The zero-order chi connectivity index (χ0) is 17.3. The highest BCUT2D eigenvalue weighted by Crippen LogP contribution is 2.33. The van der Waals surface area contributed by atoms with Crippen LogP contribution in [-0.2, 0) is 6.18 Å². The van der Waals surface area contributed by atoms with Gasteiger partial charge in [0.25, 0.3) is 0 Å². The molecule has 0 bridgehead atoms. The van der Waals surface area contributed by atoms with Crippen LogP contribution in [0.3, 0.4) is 0 Å². The maximum absolute atomic E-state index is 12.6. The van der Waals surface area contributed by atoms with E-state index in [-0.39, 0.29) is 5.56 Å². The van der Waals surface area contributed by atoms with E-state index >= 15 is 0 Å². The van der Waals surface area contributed by atoms with Crippen LogP contribution < -0.4 is 0 Å². The average Bonchev–Trinajstić information content (AvgIpc) is 3.04. The molecule has 24 heavy (non-hydrogen) atoms. The third-order valence-corrected chi connectivity index (χ3v) is 3.53. The normalized spacial score (nSPS) is 11.5. The van der Waals surface area contributed by atoms with Gasteiger partial charge < -0.3 is 9.52 Å². The van der Waals surface area contributed by atoms with Crippen molar-refractivity contribution < 1.29 is 27.5 Å². The van der Waals surface area contributed by atoms with Gasteiger partial charge in [-0.25, -0.2) is 4.79 Å². The second-order valence-electron chi connectivity index (χ2n) is 5.09. The summed E-state index contributed by atoms with van der Waals surface area (Å²) in [5.41, 5.74) is 0.227. The summed E-state index contributed by atoms with van der Waals surface area (Å²) >= 11 is 0. The average molecular weight is 332 g/mol. The first-order valence-electron chi connectivity index (χ1n) is 6.96. The van der Waals surface area contributed by atoms with E-state index < -0.39 is 17.7 Å². The van der Waals surface area contributed by atoms with Crippen LogP contribution in [0.25, 0.3) is 22.6 Å². The molecular weight excluding hydrogens is 321 g/mol. The topological polar surface area (TPSA) is 50.4 Å². The molecular formula is C18H11F3O3. The van der Waals surface area contributed by atoms with E-state index in [4.69, 9.17) is 4.42 Å². The molecule has 0 saturated carbocycles. The van der Waals surface area contributed by atoms with E-state index in [0.29, 0.717) is 22.6 Å². The van der Waals surface area contributed by atoms with Crippen molar-refractivity contribution in [1.82, 2.24) is 0 Å². The minimum Gasteiger partial charge on any atom is -0.478 e. The molecule has 3 rings (SSSR count). The maximum Gasteiger partial charge on any atom is 0.416 e. The molecule has 0 fully saturated rings. The van der Waals surface area contributed by atoms with Gasteiger partial charge in [0.05, 0.1) is 11.1 Å². The number of hydrogen-bond acceptors (Lipinski definition) is 2. The number of carbonyl (C=O) groups is 1. The molecule has 1 N–H and O–H groups in total. The maximum atomic E-state index is 12.6. The van der Waals surface area contributed by atoms with E-state index in [1.54, 1.807) is 30.3 Å². The fourth-order valence-corrected chi connectivity index (χ4v) is 2.35. The SMILES string of the molecule is O=C(O)c1ccccc1-c1ccc(-c2ccc(C(F)(F)F)cc2)o1. The lowest BCUT2D eigenvalue weighted by Crippen LogP contribution is -2.03. The molecule has 0 radical (unpaired) electrons. The van der Waals surface area contributed by atoms with Gasteiger partial charge in [-0.1, -0.05) is 30.3 Å². The van der Waals surface area contributed by atoms with E-state index in [2.05, 4.69) is 0 Å². The number of rotatable bonds is 3. The van der Waals surface area contributed by atoms with Crippen LogP contribution >= 0.6 is 0 Å². The Hall–Kier alpha value is -3.02. The molecule has 1 heterocycles.